The zero-order chi connectivity index (χ0) is 9.68. The Labute approximate surface area is 83.5 Å². The molecule has 1 fully saturated rings. The zero-order valence-electron chi connectivity index (χ0n) is 9.55. The summed E-state index contributed by atoms with van der Waals surface area (Å²) in [5, 5.41) is 0. The highest BCUT2D eigenvalue weighted by molar-refractivity contribution is 4.71. The van der Waals surface area contributed by atoms with Crippen LogP contribution in [0, 0.1) is 11.8 Å². The number of hydrogen-bond donors (Lipinski definition) is 0. The minimum atomic E-state index is 0.865. The van der Waals surface area contributed by atoms with Crippen molar-refractivity contribution in [1.82, 2.24) is 4.90 Å². The van der Waals surface area contributed by atoms with Gasteiger partial charge in [-0.25, -0.2) is 0 Å². The minimum absolute atomic E-state index is 0.865. The second kappa shape index (κ2) is 5.64. The van der Waals surface area contributed by atoms with Gasteiger partial charge in [0, 0.05) is 0 Å². The van der Waals surface area contributed by atoms with E-state index in [1.165, 1.54) is 45.3 Å². The average molecular weight is 183 g/mol. The predicted octanol–water partition coefficient (Wildman–Crippen LogP) is 3.15. The Bertz CT molecular complexity index is 123. The first kappa shape index (κ1) is 11.0. The highest BCUT2D eigenvalue weighted by atomic mass is 15.1. The Morgan fingerprint density at radius 3 is 2.31 bits per heavy atom. The average Bonchev–Trinajstić information content (AvgIpc) is 2.15. The molecule has 0 unspecified atom stereocenters. The van der Waals surface area contributed by atoms with Gasteiger partial charge in [0.15, 0.2) is 0 Å². The number of likely N-dealkylation sites (tertiary alicyclic amines) is 1. The first-order chi connectivity index (χ1) is 6.22. The normalized spacial score (nSPS) is 21.2. The number of piperidine rings is 1. The lowest BCUT2D eigenvalue weighted by Gasteiger charge is -2.31. The van der Waals surface area contributed by atoms with Gasteiger partial charge in [0.1, 0.15) is 0 Å². The lowest BCUT2D eigenvalue weighted by atomic mass is 9.94. The molecule has 1 rings (SSSR count). The van der Waals surface area contributed by atoms with E-state index in [4.69, 9.17) is 0 Å². The third kappa shape index (κ3) is 4.12. The largest absolute Gasteiger partial charge is 0.303 e. The van der Waals surface area contributed by atoms with Crippen molar-refractivity contribution in [3.05, 3.63) is 0 Å². The lowest BCUT2D eigenvalue weighted by molar-refractivity contribution is 0.174. The van der Waals surface area contributed by atoms with E-state index in [1.807, 2.05) is 0 Å². The van der Waals surface area contributed by atoms with Crippen molar-refractivity contribution in [2.45, 2.75) is 46.5 Å². The molecular formula is C12H25N. The van der Waals surface area contributed by atoms with Gasteiger partial charge in [0.25, 0.3) is 0 Å². The van der Waals surface area contributed by atoms with E-state index in [0.29, 0.717) is 0 Å². The molecule has 1 heteroatoms. The summed E-state index contributed by atoms with van der Waals surface area (Å²) in [6, 6.07) is 0. The Balaban J connectivity index is 2.10. The van der Waals surface area contributed by atoms with Gasteiger partial charge in [-0.15, -0.1) is 0 Å². The van der Waals surface area contributed by atoms with Crippen LogP contribution in [0.5, 0.6) is 0 Å². The van der Waals surface area contributed by atoms with Gasteiger partial charge < -0.3 is 4.90 Å². The molecule has 0 radical (unpaired) electrons. The maximum atomic E-state index is 2.64. The minimum Gasteiger partial charge on any atom is -0.303 e. The van der Waals surface area contributed by atoms with Gasteiger partial charge in [-0.1, -0.05) is 27.2 Å². The molecule has 1 aliphatic heterocycles. The molecule has 1 aliphatic rings. The summed E-state index contributed by atoms with van der Waals surface area (Å²) < 4.78 is 0. The number of hydrogen-bond acceptors (Lipinski definition) is 1. The van der Waals surface area contributed by atoms with Crippen LogP contribution in [0.1, 0.15) is 46.5 Å². The summed E-state index contributed by atoms with van der Waals surface area (Å²) in [7, 11) is 0. The van der Waals surface area contributed by atoms with E-state index in [9.17, 15) is 0 Å². The van der Waals surface area contributed by atoms with Crippen LogP contribution in [0.4, 0.5) is 0 Å². The van der Waals surface area contributed by atoms with E-state index in [-0.39, 0.29) is 0 Å². The molecule has 1 heterocycles. The first-order valence-corrected chi connectivity index (χ1v) is 5.94. The summed E-state index contributed by atoms with van der Waals surface area (Å²) in [6.07, 6.45) is 5.64. The van der Waals surface area contributed by atoms with Crippen LogP contribution in [0.15, 0.2) is 0 Å². The highest BCUT2D eigenvalue weighted by Crippen LogP contribution is 2.20. The molecule has 0 bridgehead atoms. The van der Waals surface area contributed by atoms with E-state index in [1.54, 1.807) is 0 Å². The summed E-state index contributed by atoms with van der Waals surface area (Å²) in [6.45, 7) is 11.0. The van der Waals surface area contributed by atoms with Crippen molar-refractivity contribution < 1.29 is 0 Å². The Morgan fingerprint density at radius 2 is 1.85 bits per heavy atom. The molecule has 0 aromatic heterocycles. The van der Waals surface area contributed by atoms with Gasteiger partial charge in [-0.2, -0.15) is 0 Å². The summed E-state index contributed by atoms with van der Waals surface area (Å²) in [4.78, 5) is 2.64. The van der Waals surface area contributed by atoms with Crippen molar-refractivity contribution in [2.75, 3.05) is 19.6 Å². The van der Waals surface area contributed by atoms with Crippen LogP contribution in [0.3, 0.4) is 0 Å². The summed E-state index contributed by atoms with van der Waals surface area (Å²) >= 11 is 0. The molecule has 13 heavy (non-hydrogen) atoms. The monoisotopic (exact) mass is 183 g/mol. The Morgan fingerprint density at radius 1 is 1.23 bits per heavy atom. The van der Waals surface area contributed by atoms with E-state index < -0.39 is 0 Å². The van der Waals surface area contributed by atoms with Gasteiger partial charge >= 0.3 is 0 Å². The second-order valence-electron chi connectivity index (χ2n) is 4.88. The zero-order valence-corrected chi connectivity index (χ0v) is 9.55. The van der Waals surface area contributed by atoms with E-state index in [0.717, 1.165) is 11.8 Å². The van der Waals surface area contributed by atoms with Crippen LogP contribution in [-0.2, 0) is 0 Å². The van der Waals surface area contributed by atoms with Crippen molar-refractivity contribution in [1.29, 1.82) is 0 Å². The molecule has 0 aliphatic carbocycles. The quantitative estimate of drug-likeness (QED) is 0.647. The SMILES string of the molecule is CCC1CCN(CCC(C)C)CC1. The van der Waals surface area contributed by atoms with Gasteiger partial charge in [0.2, 0.25) is 0 Å². The Hall–Kier alpha value is -0.0400. The molecule has 0 spiro atoms. The van der Waals surface area contributed by atoms with Gasteiger partial charge in [-0.3, -0.25) is 0 Å². The fraction of sp³-hybridized carbons (Fsp3) is 1.00. The van der Waals surface area contributed by atoms with Crippen molar-refractivity contribution in [2.24, 2.45) is 11.8 Å². The smallest absolute Gasteiger partial charge is 0.00161 e. The molecule has 0 amide bonds. The Kier molecular flexibility index (Phi) is 4.79. The van der Waals surface area contributed by atoms with Gasteiger partial charge in [-0.05, 0) is 50.7 Å². The molecule has 1 saturated heterocycles. The number of nitrogens with zero attached hydrogens (tertiary/aromatic N) is 1. The molecule has 1 nitrogen and oxygen atoms in total. The molecule has 0 N–H and O–H groups in total. The van der Waals surface area contributed by atoms with Crippen LogP contribution in [0.2, 0.25) is 0 Å². The van der Waals surface area contributed by atoms with Crippen LogP contribution in [-0.4, -0.2) is 24.5 Å². The van der Waals surface area contributed by atoms with Crippen molar-refractivity contribution in [3.63, 3.8) is 0 Å². The fourth-order valence-electron chi connectivity index (χ4n) is 2.06. The number of rotatable bonds is 4. The van der Waals surface area contributed by atoms with Crippen LogP contribution < -0.4 is 0 Å². The molecular weight excluding hydrogens is 158 g/mol. The molecule has 0 aromatic rings. The third-order valence-corrected chi connectivity index (χ3v) is 3.31. The van der Waals surface area contributed by atoms with E-state index in [2.05, 4.69) is 25.7 Å². The maximum absolute atomic E-state index is 2.64. The van der Waals surface area contributed by atoms with Crippen LogP contribution >= 0.6 is 0 Å². The highest BCUT2D eigenvalue weighted by Gasteiger charge is 2.17. The topological polar surface area (TPSA) is 3.24 Å². The van der Waals surface area contributed by atoms with Crippen molar-refractivity contribution in [3.8, 4) is 0 Å². The third-order valence-electron chi connectivity index (χ3n) is 3.31. The molecule has 78 valence electrons. The van der Waals surface area contributed by atoms with Crippen molar-refractivity contribution >= 4 is 0 Å². The standard InChI is InChI=1S/C12H25N/c1-4-12-6-9-13(10-7-12)8-5-11(2)3/h11-12H,4-10H2,1-3H3. The van der Waals surface area contributed by atoms with Gasteiger partial charge in [0.05, 0.1) is 0 Å². The van der Waals surface area contributed by atoms with E-state index >= 15 is 0 Å². The molecule has 0 aromatic carbocycles. The maximum Gasteiger partial charge on any atom is -0.00161 e. The summed E-state index contributed by atoms with van der Waals surface area (Å²) in [5.41, 5.74) is 0. The summed E-state index contributed by atoms with van der Waals surface area (Å²) in [5.74, 6) is 1.89. The molecule has 0 atom stereocenters. The lowest BCUT2D eigenvalue weighted by Crippen LogP contribution is -2.34. The van der Waals surface area contributed by atoms with Crippen LogP contribution in [0.25, 0.3) is 0 Å². The second-order valence-corrected chi connectivity index (χ2v) is 4.88. The fourth-order valence-corrected chi connectivity index (χ4v) is 2.06. The first-order valence-electron chi connectivity index (χ1n) is 5.94. The molecule has 0 saturated carbocycles. The predicted molar refractivity (Wildman–Crippen MR) is 58.9 cm³/mol.